The number of rotatable bonds is 3. The summed E-state index contributed by atoms with van der Waals surface area (Å²) >= 11 is 0. The first kappa shape index (κ1) is 12.1. The van der Waals surface area contributed by atoms with Gasteiger partial charge in [-0.25, -0.2) is 10.4 Å². The van der Waals surface area contributed by atoms with E-state index in [-0.39, 0.29) is 11.7 Å². The summed E-state index contributed by atoms with van der Waals surface area (Å²) in [4.78, 5) is 14.7. The number of H-pyrrole nitrogens is 1. The van der Waals surface area contributed by atoms with Gasteiger partial charge in [0.25, 0.3) is 0 Å². The van der Waals surface area contributed by atoms with Crippen LogP contribution < -0.4 is 10.4 Å². The summed E-state index contributed by atoms with van der Waals surface area (Å²) in [6.45, 7) is 0. The predicted molar refractivity (Wildman–Crippen MR) is 74.3 cm³/mol. The molecule has 1 amide bonds. The second-order valence-corrected chi connectivity index (χ2v) is 4.19. The third-order valence-electron chi connectivity index (χ3n) is 2.81. The maximum Gasteiger partial charge on any atom is 0.307 e. The smallest absolute Gasteiger partial charge is 0.307 e. The minimum absolute atomic E-state index is 0.231. The lowest BCUT2D eigenvalue weighted by molar-refractivity contribution is -0.344. The molecular weight excluding hydrogens is 254 g/mol. The molecule has 0 bridgehead atoms. The number of aromatic amines is 1. The number of aromatic nitrogens is 1. The van der Waals surface area contributed by atoms with Crippen LogP contribution in [0.3, 0.4) is 0 Å². The summed E-state index contributed by atoms with van der Waals surface area (Å²) in [6.07, 6.45) is 4.89. The van der Waals surface area contributed by atoms with Gasteiger partial charge < -0.3 is 4.42 Å². The van der Waals surface area contributed by atoms with Crippen molar-refractivity contribution >= 4 is 23.0 Å². The summed E-state index contributed by atoms with van der Waals surface area (Å²) in [5.41, 5.74) is 4.30. The number of hydrazone groups is 1. The molecule has 1 aromatic carbocycles. The van der Waals surface area contributed by atoms with Gasteiger partial charge in [0.15, 0.2) is 12.0 Å². The molecule has 3 rings (SSSR count). The topological polar surface area (TPSA) is 68.7 Å². The molecule has 0 atom stereocenters. The Balaban J connectivity index is 1.72. The van der Waals surface area contributed by atoms with E-state index in [4.69, 9.17) is 4.42 Å². The van der Waals surface area contributed by atoms with E-state index in [2.05, 4.69) is 15.5 Å². The monoisotopic (exact) mass is 266 g/mol. The molecule has 5 heteroatoms. The van der Waals surface area contributed by atoms with Crippen LogP contribution in [0.15, 0.2) is 64.4 Å². The molecule has 0 aliphatic rings. The molecule has 3 aromatic rings. The number of nitrogens with one attached hydrogen (secondary N) is 2. The normalized spacial score (nSPS) is 11.0. The number of carbonyl (C=O) groups is 1. The molecule has 20 heavy (non-hydrogen) atoms. The van der Waals surface area contributed by atoms with Gasteiger partial charge in [-0.15, -0.1) is 0 Å². The van der Waals surface area contributed by atoms with Gasteiger partial charge in [-0.2, -0.15) is 5.10 Å². The van der Waals surface area contributed by atoms with Gasteiger partial charge in [0.05, 0.1) is 12.5 Å². The lowest BCUT2D eigenvalue weighted by Crippen LogP contribution is -2.16. The highest BCUT2D eigenvalue weighted by molar-refractivity contribution is 5.92. The van der Waals surface area contributed by atoms with Crippen LogP contribution in [0.2, 0.25) is 0 Å². The van der Waals surface area contributed by atoms with Crippen LogP contribution in [0.5, 0.6) is 0 Å². The quantitative estimate of drug-likeness (QED) is 0.582. The van der Waals surface area contributed by atoms with Crippen LogP contribution in [0, 0.1) is 0 Å². The average molecular weight is 266 g/mol. The van der Waals surface area contributed by atoms with Gasteiger partial charge >= 0.3 is 5.91 Å². The van der Waals surface area contributed by atoms with Crippen LogP contribution in [-0.4, -0.2) is 12.1 Å². The number of furan rings is 1. The Hall–Kier alpha value is -2.95. The molecule has 0 aliphatic heterocycles. The summed E-state index contributed by atoms with van der Waals surface area (Å²) < 4.78 is 4.96. The second-order valence-electron chi connectivity index (χ2n) is 4.19. The number of benzene rings is 1. The maximum absolute atomic E-state index is 11.6. The van der Waals surface area contributed by atoms with Crippen LogP contribution in [-0.2, 0) is 0 Å². The van der Waals surface area contributed by atoms with Gasteiger partial charge in [-0.1, -0.05) is 6.07 Å². The molecule has 0 saturated carbocycles. The minimum atomic E-state index is -0.376. The molecule has 0 spiro atoms. The number of hydrogen-bond acceptors (Lipinski definition) is 3. The lowest BCUT2D eigenvalue weighted by Gasteiger charge is -1.96. The first-order chi connectivity index (χ1) is 9.83. The average Bonchev–Trinajstić information content (AvgIpc) is 3.01. The zero-order chi connectivity index (χ0) is 13.8. The Kier molecular flexibility index (Phi) is 3.24. The Morgan fingerprint density at radius 1 is 1.25 bits per heavy atom. The van der Waals surface area contributed by atoms with E-state index < -0.39 is 0 Å². The van der Waals surface area contributed by atoms with Gasteiger partial charge in [-0.3, -0.25) is 4.79 Å². The van der Waals surface area contributed by atoms with Crippen molar-refractivity contribution in [3.63, 3.8) is 0 Å². The summed E-state index contributed by atoms with van der Waals surface area (Å²) in [7, 11) is 0. The minimum Gasteiger partial charge on any atom is -0.459 e. The van der Waals surface area contributed by atoms with E-state index in [1.165, 1.54) is 6.26 Å². The third-order valence-corrected chi connectivity index (χ3v) is 2.81. The van der Waals surface area contributed by atoms with Crippen molar-refractivity contribution in [2.24, 2.45) is 5.10 Å². The summed E-state index contributed by atoms with van der Waals surface area (Å²) in [5, 5.41) is 5.02. The largest absolute Gasteiger partial charge is 0.459 e. The van der Waals surface area contributed by atoms with Crippen molar-refractivity contribution in [3.8, 4) is 0 Å². The highest BCUT2D eigenvalue weighted by atomic mass is 16.3. The van der Waals surface area contributed by atoms with Crippen LogP contribution >= 0.6 is 0 Å². The number of hydrogen-bond donors (Lipinski definition) is 1. The van der Waals surface area contributed by atoms with E-state index in [0.29, 0.717) is 0 Å². The molecule has 5 nitrogen and oxygen atoms in total. The number of carbonyl (C=O) groups excluding carboxylic acids is 1. The number of amides is 1. The molecule has 0 radical (unpaired) electrons. The molecular formula is C15H12N3O2+. The molecule has 0 unspecified atom stereocenters. The molecule has 0 aliphatic carbocycles. The van der Waals surface area contributed by atoms with Crippen molar-refractivity contribution < 1.29 is 14.2 Å². The van der Waals surface area contributed by atoms with Crippen molar-refractivity contribution in [1.29, 1.82) is 0 Å². The van der Waals surface area contributed by atoms with Crippen molar-refractivity contribution in [2.45, 2.75) is 0 Å². The molecule has 0 saturated heterocycles. The molecule has 98 valence electrons. The Labute approximate surface area is 114 Å². The molecule has 0 fully saturated rings. The second kappa shape index (κ2) is 5.36. The Morgan fingerprint density at radius 3 is 3.05 bits per heavy atom. The van der Waals surface area contributed by atoms with E-state index in [0.717, 1.165) is 16.5 Å². The van der Waals surface area contributed by atoms with Crippen molar-refractivity contribution in [2.75, 3.05) is 0 Å². The van der Waals surface area contributed by atoms with Gasteiger partial charge in [-0.05, 0) is 24.3 Å². The zero-order valence-corrected chi connectivity index (χ0v) is 10.5. The van der Waals surface area contributed by atoms with Crippen LogP contribution in [0.1, 0.15) is 16.1 Å². The fourth-order valence-electron chi connectivity index (χ4n) is 1.84. The SMILES string of the molecule is O=C(NN=Cc1ccc2ccc[nH+]c2c1)c1ccco1. The third kappa shape index (κ3) is 2.56. The molecule has 2 N–H and O–H groups in total. The van der Waals surface area contributed by atoms with Crippen LogP contribution in [0.25, 0.3) is 10.9 Å². The fourth-order valence-corrected chi connectivity index (χ4v) is 1.84. The number of pyridine rings is 1. The standard InChI is InChI=1S/C15H11N3O2/c19-15(14-4-2-8-20-14)18-17-10-11-5-6-12-3-1-7-16-13(12)9-11/h1-10H,(H,18,19)/p+1. The Morgan fingerprint density at radius 2 is 2.20 bits per heavy atom. The summed E-state index contributed by atoms with van der Waals surface area (Å²) in [6, 6.07) is 13.1. The number of nitrogens with zero attached hydrogens (tertiary/aromatic N) is 1. The maximum atomic E-state index is 11.6. The van der Waals surface area contributed by atoms with Gasteiger partial charge in [0, 0.05) is 23.1 Å². The van der Waals surface area contributed by atoms with E-state index in [1.807, 2.05) is 36.5 Å². The van der Waals surface area contributed by atoms with Gasteiger partial charge in [0.1, 0.15) is 0 Å². The number of fused-ring (bicyclic) bond motifs is 1. The van der Waals surface area contributed by atoms with Crippen molar-refractivity contribution in [3.05, 3.63) is 66.2 Å². The molecule has 2 aromatic heterocycles. The fraction of sp³-hybridized carbons (Fsp3) is 0. The predicted octanol–water partition coefficient (Wildman–Crippen LogP) is 2.01. The zero-order valence-electron chi connectivity index (χ0n) is 10.5. The highest BCUT2D eigenvalue weighted by Crippen LogP contribution is 2.09. The lowest BCUT2D eigenvalue weighted by atomic mass is 10.1. The first-order valence-electron chi connectivity index (χ1n) is 6.10. The Bertz CT molecular complexity index is 764. The highest BCUT2D eigenvalue weighted by Gasteiger charge is 2.06. The van der Waals surface area contributed by atoms with E-state index >= 15 is 0 Å². The van der Waals surface area contributed by atoms with Gasteiger partial charge in [0.2, 0.25) is 5.52 Å². The van der Waals surface area contributed by atoms with Crippen molar-refractivity contribution in [1.82, 2.24) is 5.43 Å². The van der Waals surface area contributed by atoms with Crippen LogP contribution in [0.4, 0.5) is 0 Å². The summed E-state index contributed by atoms with van der Waals surface area (Å²) in [5.74, 6) is -0.146. The molecule has 2 heterocycles. The van der Waals surface area contributed by atoms with E-state index in [1.54, 1.807) is 18.3 Å². The van der Waals surface area contributed by atoms with E-state index in [9.17, 15) is 4.79 Å². The first-order valence-corrected chi connectivity index (χ1v) is 6.10.